The molecule has 0 saturated carbocycles. The Kier molecular flexibility index (Phi) is 8.36. The first kappa shape index (κ1) is 18.5. The van der Waals surface area contributed by atoms with Crippen LogP contribution in [0.25, 0.3) is 0 Å². The molecule has 0 aliphatic carbocycles. The van der Waals surface area contributed by atoms with Gasteiger partial charge in [0.15, 0.2) is 0 Å². The highest BCUT2D eigenvalue weighted by Gasteiger charge is 2.19. The summed E-state index contributed by atoms with van der Waals surface area (Å²) in [6, 6.07) is 4.47. The van der Waals surface area contributed by atoms with Crippen LogP contribution < -0.4 is 15.2 Å². The lowest BCUT2D eigenvalue weighted by Gasteiger charge is -2.10. The average Bonchev–Trinajstić information content (AvgIpc) is 2.35. The molecule has 0 saturated heterocycles. The molecule has 1 aromatic rings. The van der Waals surface area contributed by atoms with Gasteiger partial charge in [0, 0.05) is 11.6 Å². The maximum absolute atomic E-state index is 12.0. The summed E-state index contributed by atoms with van der Waals surface area (Å²) < 4.78 is 31.6. The number of hydrogen-bond donors (Lipinski definition) is 2. The van der Waals surface area contributed by atoms with Crippen molar-refractivity contribution < 1.29 is 13.2 Å². The molecule has 0 heterocycles. The number of ether oxygens (including phenoxy) is 1. The number of hydrogen-bond acceptors (Lipinski definition) is 4. The second-order valence-electron chi connectivity index (χ2n) is 3.69. The summed E-state index contributed by atoms with van der Waals surface area (Å²) in [5, 5.41) is 0.345. The summed E-state index contributed by atoms with van der Waals surface area (Å²) in [7, 11) is -2.19. The van der Waals surface area contributed by atoms with Crippen LogP contribution in [0.3, 0.4) is 0 Å². The highest BCUT2D eigenvalue weighted by atomic mass is 35.5. The predicted octanol–water partition coefficient (Wildman–Crippen LogP) is 1.79. The third-order valence-electron chi connectivity index (χ3n) is 2.34. The number of halogens is 2. The number of benzene rings is 1. The van der Waals surface area contributed by atoms with Gasteiger partial charge in [-0.2, -0.15) is 0 Å². The molecule has 19 heavy (non-hydrogen) atoms. The highest BCUT2D eigenvalue weighted by Crippen LogP contribution is 2.26. The van der Waals surface area contributed by atoms with Crippen molar-refractivity contribution in [1.29, 1.82) is 0 Å². The molecular formula is C11H18Cl2N2O3S. The van der Waals surface area contributed by atoms with Crippen molar-refractivity contribution in [2.24, 2.45) is 5.73 Å². The van der Waals surface area contributed by atoms with E-state index in [9.17, 15) is 8.42 Å². The van der Waals surface area contributed by atoms with Gasteiger partial charge >= 0.3 is 0 Å². The van der Waals surface area contributed by atoms with Crippen LogP contribution in [0.1, 0.15) is 12.8 Å². The van der Waals surface area contributed by atoms with Crippen molar-refractivity contribution in [3.05, 3.63) is 23.2 Å². The number of methoxy groups -OCH3 is 1. The maximum Gasteiger partial charge on any atom is 0.244 e. The number of unbranched alkanes of at least 4 members (excludes halogenated alkanes) is 1. The summed E-state index contributed by atoms with van der Waals surface area (Å²) in [5.41, 5.74) is 5.34. The van der Waals surface area contributed by atoms with Crippen LogP contribution in [0.15, 0.2) is 23.1 Å². The molecule has 5 nitrogen and oxygen atoms in total. The predicted molar refractivity (Wildman–Crippen MR) is 78.7 cm³/mol. The minimum Gasteiger partial charge on any atom is -0.495 e. The van der Waals surface area contributed by atoms with Crippen LogP contribution in [0.2, 0.25) is 5.02 Å². The van der Waals surface area contributed by atoms with Gasteiger partial charge in [-0.15, -0.1) is 12.4 Å². The molecule has 0 atom stereocenters. The summed E-state index contributed by atoms with van der Waals surface area (Å²) in [4.78, 5) is 0.0465. The van der Waals surface area contributed by atoms with Crippen molar-refractivity contribution in [2.45, 2.75) is 17.7 Å². The lowest BCUT2D eigenvalue weighted by Crippen LogP contribution is -2.25. The Morgan fingerprint density at radius 3 is 2.63 bits per heavy atom. The van der Waals surface area contributed by atoms with E-state index >= 15 is 0 Å². The number of nitrogens with one attached hydrogen (secondary N) is 1. The van der Waals surface area contributed by atoms with Crippen molar-refractivity contribution in [1.82, 2.24) is 4.72 Å². The average molecular weight is 329 g/mol. The Morgan fingerprint density at radius 2 is 2.05 bits per heavy atom. The number of rotatable bonds is 7. The molecule has 1 rings (SSSR count). The lowest BCUT2D eigenvalue weighted by molar-refractivity contribution is 0.402. The third-order valence-corrected chi connectivity index (χ3v) is 4.06. The van der Waals surface area contributed by atoms with Gasteiger partial charge < -0.3 is 10.5 Å². The molecule has 0 fully saturated rings. The van der Waals surface area contributed by atoms with E-state index in [-0.39, 0.29) is 23.1 Å². The van der Waals surface area contributed by atoms with Gasteiger partial charge in [0.1, 0.15) is 10.6 Å². The van der Waals surface area contributed by atoms with E-state index in [4.69, 9.17) is 22.1 Å². The molecule has 0 aromatic heterocycles. The van der Waals surface area contributed by atoms with Crippen LogP contribution in [0, 0.1) is 0 Å². The molecule has 0 aliphatic rings. The number of nitrogens with two attached hydrogens (primary N) is 1. The first-order valence-electron chi connectivity index (χ1n) is 5.54. The Bertz CT molecular complexity index is 495. The van der Waals surface area contributed by atoms with E-state index in [2.05, 4.69) is 4.72 Å². The molecule has 8 heteroatoms. The molecule has 0 bridgehead atoms. The molecule has 110 valence electrons. The Hall–Kier alpha value is -0.530. The molecule has 0 aliphatic heterocycles. The van der Waals surface area contributed by atoms with Gasteiger partial charge in [0.25, 0.3) is 0 Å². The van der Waals surface area contributed by atoms with Crippen LogP contribution in [-0.2, 0) is 10.0 Å². The summed E-state index contributed by atoms with van der Waals surface area (Å²) in [6.07, 6.45) is 1.47. The van der Waals surface area contributed by atoms with Gasteiger partial charge in [-0.05, 0) is 37.6 Å². The minimum absolute atomic E-state index is 0. The van der Waals surface area contributed by atoms with Crippen LogP contribution in [0.5, 0.6) is 5.75 Å². The quantitative estimate of drug-likeness (QED) is 0.747. The molecule has 0 unspecified atom stereocenters. The second kappa shape index (κ2) is 8.60. The fraction of sp³-hybridized carbons (Fsp3) is 0.455. The Morgan fingerprint density at radius 1 is 1.37 bits per heavy atom. The zero-order valence-electron chi connectivity index (χ0n) is 10.6. The van der Waals surface area contributed by atoms with Crippen molar-refractivity contribution >= 4 is 34.0 Å². The van der Waals surface area contributed by atoms with Gasteiger partial charge in [-0.3, -0.25) is 0 Å². The fourth-order valence-corrected chi connectivity index (χ4v) is 2.92. The first-order valence-corrected chi connectivity index (χ1v) is 7.40. The van der Waals surface area contributed by atoms with E-state index in [1.165, 1.54) is 19.2 Å². The van der Waals surface area contributed by atoms with E-state index in [1.54, 1.807) is 6.07 Å². The smallest absolute Gasteiger partial charge is 0.244 e. The zero-order valence-corrected chi connectivity index (χ0v) is 12.9. The summed E-state index contributed by atoms with van der Waals surface area (Å²) >= 11 is 5.80. The molecule has 0 spiro atoms. The molecule has 1 aromatic carbocycles. The van der Waals surface area contributed by atoms with E-state index in [0.717, 1.165) is 6.42 Å². The van der Waals surface area contributed by atoms with Crippen LogP contribution in [0.4, 0.5) is 0 Å². The standard InChI is InChI=1S/C11H17ClN2O3S.ClH/c1-17-10-5-4-9(12)8-11(10)18(15,16)14-7-3-2-6-13;/h4-5,8,14H,2-3,6-7,13H2,1H3;1H. The van der Waals surface area contributed by atoms with E-state index in [0.29, 0.717) is 24.5 Å². The van der Waals surface area contributed by atoms with Crippen molar-refractivity contribution in [2.75, 3.05) is 20.2 Å². The third kappa shape index (κ3) is 5.54. The minimum atomic E-state index is -3.61. The van der Waals surface area contributed by atoms with Gasteiger partial charge in [-0.25, -0.2) is 13.1 Å². The molecule has 0 amide bonds. The van der Waals surface area contributed by atoms with Crippen molar-refractivity contribution in [3.8, 4) is 5.75 Å². The van der Waals surface area contributed by atoms with E-state index < -0.39 is 10.0 Å². The highest BCUT2D eigenvalue weighted by molar-refractivity contribution is 7.89. The van der Waals surface area contributed by atoms with E-state index in [1.807, 2.05) is 0 Å². The largest absolute Gasteiger partial charge is 0.495 e. The second-order valence-corrected chi connectivity index (χ2v) is 5.86. The number of sulfonamides is 1. The summed E-state index contributed by atoms with van der Waals surface area (Å²) in [6.45, 7) is 0.886. The maximum atomic E-state index is 12.0. The Balaban J connectivity index is 0.00000324. The normalized spacial score (nSPS) is 10.9. The first-order chi connectivity index (χ1) is 8.51. The van der Waals surface area contributed by atoms with Crippen molar-refractivity contribution in [3.63, 3.8) is 0 Å². The molecular weight excluding hydrogens is 311 g/mol. The summed E-state index contributed by atoms with van der Waals surface area (Å²) in [5.74, 6) is 0.269. The fourth-order valence-electron chi connectivity index (χ4n) is 1.41. The Labute approximate surface area is 124 Å². The van der Waals surface area contributed by atoms with Gasteiger partial charge in [0.2, 0.25) is 10.0 Å². The van der Waals surface area contributed by atoms with Crippen LogP contribution in [-0.4, -0.2) is 28.6 Å². The topological polar surface area (TPSA) is 81.4 Å². The van der Waals surface area contributed by atoms with Crippen LogP contribution >= 0.6 is 24.0 Å². The van der Waals surface area contributed by atoms with Gasteiger partial charge in [0.05, 0.1) is 7.11 Å². The molecule has 0 radical (unpaired) electrons. The lowest BCUT2D eigenvalue weighted by atomic mass is 10.3. The van der Waals surface area contributed by atoms with Gasteiger partial charge in [-0.1, -0.05) is 11.6 Å². The SMILES string of the molecule is COc1ccc(Cl)cc1S(=O)(=O)NCCCCN.Cl. The molecule has 3 N–H and O–H groups in total. The monoisotopic (exact) mass is 328 g/mol. The zero-order chi connectivity index (χ0) is 13.6.